The first-order valence-corrected chi connectivity index (χ1v) is 9.56. The van der Waals surface area contributed by atoms with E-state index in [2.05, 4.69) is 0 Å². The van der Waals surface area contributed by atoms with Crippen LogP contribution in [0.3, 0.4) is 0 Å². The molecular formula is C22H11Cl3O4. The molecular weight excluding hydrogens is 435 g/mol. The van der Waals surface area contributed by atoms with Gasteiger partial charge in [0.1, 0.15) is 11.5 Å². The second kappa shape index (κ2) is 7.91. The van der Waals surface area contributed by atoms with Crippen LogP contribution in [-0.2, 0) is 0 Å². The van der Waals surface area contributed by atoms with Crippen LogP contribution in [0.25, 0.3) is 6.08 Å². The molecule has 4 rings (SSSR count). The van der Waals surface area contributed by atoms with E-state index in [0.29, 0.717) is 31.8 Å². The molecule has 0 bridgehead atoms. The SMILES string of the molecule is O=C(Oc1ccc2c(c1)OC(=Cc1c(Cl)cccc1Cl)C2=O)c1ccc(Cl)cc1. The normalized spacial score (nSPS) is 13.9. The van der Waals surface area contributed by atoms with Crippen molar-refractivity contribution >= 4 is 52.6 Å². The molecule has 0 saturated carbocycles. The number of carbonyl (C=O) groups is 2. The van der Waals surface area contributed by atoms with E-state index >= 15 is 0 Å². The average Bonchev–Trinajstić information content (AvgIpc) is 3.00. The second-order valence-corrected chi connectivity index (χ2v) is 7.38. The molecule has 0 amide bonds. The minimum Gasteiger partial charge on any atom is -0.452 e. The van der Waals surface area contributed by atoms with Crippen molar-refractivity contribution in [3.05, 3.63) is 98.2 Å². The van der Waals surface area contributed by atoms with Gasteiger partial charge in [-0.3, -0.25) is 4.79 Å². The summed E-state index contributed by atoms with van der Waals surface area (Å²) < 4.78 is 11.0. The number of halogens is 3. The van der Waals surface area contributed by atoms with Crippen molar-refractivity contribution in [2.45, 2.75) is 0 Å². The molecule has 4 nitrogen and oxygen atoms in total. The van der Waals surface area contributed by atoms with Crippen molar-refractivity contribution in [1.82, 2.24) is 0 Å². The van der Waals surface area contributed by atoms with Crippen LogP contribution in [0.1, 0.15) is 26.3 Å². The van der Waals surface area contributed by atoms with Gasteiger partial charge < -0.3 is 9.47 Å². The highest BCUT2D eigenvalue weighted by atomic mass is 35.5. The van der Waals surface area contributed by atoms with Gasteiger partial charge in [0.2, 0.25) is 5.78 Å². The summed E-state index contributed by atoms with van der Waals surface area (Å²) in [4.78, 5) is 24.9. The molecule has 0 unspecified atom stereocenters. The fourth-order valence-electron chi connectivity index (χ4n) is 2.76. The lowest BCUT2D eigenvalue weighted by Crippen LogP contribution is -2.08. The van der Waals surface area contributed by atoms with E-state index in [1.165, 1.54) is 24.3 Å². The summed E-state index contributed by atoms with van der Waals surface area (Å²) in [7, 11) is 0. The van der Waals surface area contributed by atoms with Crippen LogP contribution in [0.2, 0.25) is 15.1 Å². The zero-order chi connectivity index (χ0) is 20.5. The topological polar surface area (TPSA) is 52.6 Å². The van der Waals surface area contributed by atoms with Crippen LogP contribution < -0.4 is 9.47 Å². The quantitative estimate of drug-likeness (QED) is 0.263. The number of hydrogen-bond acceptors (Lipinski definition) is 4. The number of hydrogen-bond donors (Lipinski definition) is 0. The maximum absolute atomic E-state index is 12.6. The third-order valence-corrected chi connectivity index (χ3v) is 5.12. The van der Waals surface area contributed by atoms with Crippen LogP contribution in [0.15, 0.2) is 66.4 Å². The van der Waals surface area contributed by atoms with E-state index in [-0.39, 0.29) is 23.0 Å². The Bertz CT molecular complexity index is 1150. The van der Waals surface area contributed by atoms with E-state index in [1.807, 2.05) is 0 Å². The van der Waals surface area contributed by atoms with Crippen LogP contribution >= 0.6 is 34.8 Å². The number of ketones is 1. The summed E-state index contributed by atoms with van der Waals surface area (Å²) in [6.45, 7) is 0. The number of ether oxygens (including phenoxy) is 2. The summed E-state index contributed by atoms with van der Waals surface area (Å²) in [6, 6.07) is 15.9. The van der Waals surface area contributed by atoms with Gasteiger partial charge in [-0.25, -0.2) is 4.79 Å². The van der Waals surface area contributed by atoms with Crippen molar-refractivity contribution in [2.24, 2.45) is 0 Å². The summed E-state index contributed by atoms with van der Waals surface area (Å²) in [5.41, 5.74) is 1.19. The van der Waals surface area contributed by atoms with Crippen LogP contribution in [0.5, 0.6) is 11.5 Å². The summed E-state index contributed by atoms with van der Waals surface area (Å²) >= 11 is 18.1. The molecule has 1 aliphatic rings. The van der Waals surface area contributed by atoms with E-state index in [0.717, 1.165) is 0 Å². The summed E-state index contributed by atoms with van der Waals surface area (Å²) in [5, 5.41) is 1.31. The van der Waals surface area contributed by atoms with Gasteiger partial charge in [0.15, 0.2) is 5.76 Å². The van der Waals surface area contributed by atoms with Crippen LogP contribution in [0, 0.1) is 0 Å². The van der Waals surface area contributed by atoms with Gasteiger partial charge in [0.25, 0.3) is 0 Å². The molecule has 7 heteroatoms. The summed E-state index contributed by atoms with van der Waals surface area (Å²) in [5.74, 6) is -0.258. The largest absolute Gasteiger partial charge is 0.452 e. The predicted octanol–water partition coefficient (Wildman–Crippen LogP) is 6.48. The molecule has 0 spiro atoms. The first kappa shape index (κ1) is 19.5. The lowest BCUT2D eigenvalue weighted by atomic mass is 10.1. The molecule has 0 radical (unpaired) electrons. The van der Waals surface area contributed by atoms with E-state index in [9.17, 15) is 9.59 Å². The molecule has 1 heterocycles. The Morgan fingerprint density at radius 2 is 1.62 bits per heavy atom. The van der Waals surface area contributed by atoms with Crippen molar-refractivity contribution in [2.75, 3.05) is 0 Å². The van der Waals surface area contributed by atoms with Crippen molar-refractivity contribution in [3.63, 3.8) is 0 Å². The van der Waals surface area contributed by atoms with Crippen LogP contribution in [0.4, 0.5) is 0 Å². The Labute approximate surface area is 181 Å². The van der Waals surface area contributed by atoms with E-state index in [4.69, 9.17) is 44.3 Å². The molecule has 3 aromatic carbocycles. The maximum Gasteiger partial charge on any atom is 0.343 e. The standard InChI is InChI=1S/C22H11Cl3O4/c23-13-6-4-12(5-7-13)22(27)28-14-8-9-15-19(10-14)29-20(21(15)26)11-16-17(24)2-1-3-18(16)25/h1-11H. The van der Waals surface area contributed by atoms with E-state index < -0.39 is 5.97 Å². The molecule has 0 aliphatic carbocycles. The molecule has 0 aromatic heterocycles. The average molecular weight is 446 g/mol. The molecule has 29 heavy (non-hydrogen) atoms. The third-order valence-electron chi connectivity index (χ3n) is 4.21. The molecule has 1 aliphatic heterocycles. The molecule has 0 saturated heterocycles. The Kier molecular flexibility index (Phi) is 5.33. The Morgan fingerprint density at radius 1 is 0.931 bits per heavy atom. The van der Waals surface area contributed by atoms with Gasteiger partial charge in [0, 0.05) is 26.7 Å². The highest BCUT2D eigenvalue weighted by Crippen LogP contribution is 2.36. The number of allylic oxidation sites excluding steroid dienone is 1. The maximum atomic E-state index is 12.6. The first-order valence-electron chi connectivity index (χ1n) is 8.42. The highest BCUT2D eigenvalue weighted by Gasteiger charge is 2.28. The number of benzene rings is 3. The van der Waals surface area contributed by atoms with Crippen molar-refractivity contribution in [3.8, 4) is 11.5 Å². The fraction of sp³-hybridized carbons (Fsp3) is 0. The predicted molar refractivity (Wildman–Crippen MR) is 112 cm³/mol. The van der Waals surface area contributed by atoms with E-state index in [1.54, 1.807) is 42.5 Å². The van der Waals surface area contributed by atoms with Gasteiger partial charge in [-0.05, 0) is 54.6 Å². The molecule has 0 N–H and O–H groups in total. The molecule has 3 aromatic rings. The second-order valence-electron chi connectivity index (χ2n) is 6.13. The van der Waals surface area contributed by atoms with Crippen molar-refractivity contribution in [1.29, 1.82) is 0 Å². The number of carbonyl (C=O) groups excluding carboxylic acids is 2. The Balaban J connectivity index is 1.58. The summed E-state index contributed by atoms with van der Waals surface area (Å²) in [6.07, 6.45) is 1.49. The smallest absolute Gasteiger partial charge is 0.343 e. The first-order chi connectivity index (χ1) is 13.9. The molecule has 0 fully saturated rings. The minimum absolute atomic E-state index is 0.0798. The monoisotopic (exact) mass is 444 g/mol. The molecule has 0 atom stereocenters. The van der Waals surface area contributed by atoms with Crippen LogP contribution in [-0.4, -0.2) is 11.8 Å². The highest BCUT2D eigenvalue weighted by molar-refractivity contribution is 6.37. The van der Waals surface area contributed by atoms with Crippen molar-refractivity contribution < 1.29 is 19.1 Å². The van der Waals surface area contributed by atoms with Gasteiger partial charge in [-0.1, -0.05) is 40.9 Å². The Hall–Kier alpha value is -2.79. The lowest BCUT2D eigenvalue weighted by molar-refractivity contribution is 0.0734. The fourth-order valence-corrected chi connectivity index (χ4v) is 3.39. The third kappa shape index (κ3) is 4.01. The Morgan fingerprint density at radius 3 is 2.31 bits per heavy atom. The van der Waals surface area contributed by atoms with Gasteiger partial charge in [-0.2, -0.15) is 0 Å². The van der Waals surface area contributed by atoms with Gasteiger partial charge in [-0.15, -0.1) is 0 Å². The number of esters is 1. The zero-order valence-electron chi connectivity index (χ0n) is 14.6. The number of Topliss-reactive ketones (excluding diaryl/α,β-unsaturated/α-hetero) is 1. The molecule has 144 valence electrons. The lowest BCUT2D eigenvalue weighted by Gasteiger charge is -2.06. The number of fused-ring (bicyclic) bond motifs is 1. The number of rotatable bonds is 3. The van der Waals surface area contributed by atoms with Gasteiger partial charge >= 0.3 is 5.97 Å². The zero-order valence-corrected chi connectivity index (χ0v) is 16.9. The minimum atomic E-state index is -0.551. The van der Waals surface area contributed by atoms with Gasteiger partial charge in [0.05, 0.1) is 11.1 Å².